The number of benzene rings is 9. The highest BCUT2D eigenvalue weighted by atomic mass is 32.1. The minimum absolute atomic E-state index is 0.589. The summed E-state index contributed by atoms with van der Waals surface area (Å²) >= 11 is 1.79. The maximum absolute atomic E-state index is 6.92. The molecule has 0 aliphatic rings. The van der Waals surface area contributed by atoms with E-state index in [0.29, 0.717) is 17.5 Å². The molecule has 0 bridgehead atoms. The van der Waals surface area contributed by atoms with Crippen molar-refractivity contribution in [3.05, 3.63) is 182 Å². The summed E-state index contributed by atoms with van der Waals surface area (Å²) in [6.45, 7) is 0. The summed E-state index contributed by atoms with van der Waals surface area (Å²) in [6.07, 6.45) is 0. The number of thiophene rings is 1. The van der Waals surface area contributed by atoms with Crippen molar-refractivity contribution in [2.45, 2.75) is 0 Å². The molecule has 0 saturated carbocycles. The number of fused-ring (bicyclic) bond motifs is 11. The first-order valence-electron chi connectivity index (χ1n) is 19.8. The van der Waals surface area contributed by atoms with Crippen molar-refractivity contribution in [2.24, 2.45) is 0 Å². The summed E-state index contributed by atoms with van der Waals surface area (Å²) in [4.78, 5) is 15.8. The normalized spacial score (nSPS) is 12.1. The minimum atomic E-state index is 0.589. The van der Waals surface area contributed by atoms with Gasteiger partial charge in [0, 0.05) is 58.4 Å². The van der Waals surface area contributed by atoms with Gasteiger partial charge in [0.1, 0.15) is 5.58 Å². The van der Waals surface area contributed by atoms with Crippen molar-refractivity contribution in [1.82, 2.24) is 19.5 Å². The van der Waals surface area contributed by atoms with Crippen LogP contribution >= 0.6 is 11.3 Å². The van der Waals surface area contributed by atoms with Crippen LogP contribution in [0.5, 0.6) is 0 Å². The first-order valence-corrected chi connectivity index (χ1v) is 20.6. The topological polar surface area (TPSA) is 56.7 Å². The van der Waals surface area contributed by atoms with Crippen molar-refractivity contribution in [3.63, 3.8) is 0 Å². The molecule has 0 aliphatic heterocycles. The molecule has 0 fully saturated rings. The molecule has 59 heavy (non-hydrogen) atoms. The predicted molar refractivity (Wildman–Crippen MR) is 246 cm³/mol. The van der Waals surface area contributed by atoms with Crippen LogP contribution in [0.2, 0.25) is 0 Å². The van der Waals surface area contributed by atoms with Gasteiger partial charge in [-0.1, -0.05) is 127 Å². The number of furan rings is 1. The van der Waals surface area contributed by atoms with Crippen LogP contribution in [0.15, 0.2) is 186 Å². The Bertz CT molecular complexity index is 3870. The molecule has 0 unspecified atom stereocenters. The van der Waals surface area contributed by atoms with E-state index in [4.69, 9.17) is 19.4 Å². The van der Waals surface area contributed by atoms with Gasteiger partial charge in [-0.25, -0.2) is 15.0 Å². The average Bonchev–Trinajstić information content (AvgIpc) is 3.97. The Balaban J connectivity index is 1.09. The first-order chi connectivity index (χ1) is 29.2. The Hall–Kier alpha value is -7.67. The molecule has 0 amide bonds. The van der Waals surface area contributed by atoms with E-state index < -0.39 is 0 Å². The van der Waals surface area contributed by atoms with Crippen LogP contribution in [-0.2, 0) is 0 Å². The molecule has 0 saturated heterocycles. The zero-order chi connectivity index (χ0) is 38.6. The van der Waals surface area contributed by atoms with Gasteiger partial charge in [-0.3, -0.25) is 0 Å². The van der Waals surface area contributed by atoms with Gasteiger partial charge in [0.25, 0.3) is 0 Å². The largest absolute Gasteiger partial charge is 0.454 e. The van der Waals surface area contributed by atoms with Gasteiger partial charge in [0.2, 0.25) is 0 Å². The summed E-state index contributed by atoms with van der Waals surface area (Å²) in [5.74, 6) is 1.83. The molecule has 6 heteroatoms. The third-order valence-corrected chi connectivity index (χ3v) is 12.9. The van der Waals surface area contributed by atoms with E-state index in [2.05, 4.69) is 174 Å². The summed E-state index contributed by atoms with van der Waals surface area (Å²) in [6, 6.07) is 64.4. The zero-order valence-electron chi connectivity index (χ0n) is 31.4. The van der Waals surface area contributed by atoms with Crippen LogP contribution in [0.1, 0.15) is 0 Å². The highest BCUT2D eigenvalue weighted by Crippen LogP contribution is 2.43. The lowest BCUT2D eigenvalue weighted by molar-refractivity contribution is 0.666. The van der Waals surface area contributed by atoms with Gasteiger partial charge in [-0.2, -0.15) is 0 Å². The van der Waals surface area contributed by atoms with E-state index in [1.807, 2.05) is 12.1 Å². The number of hydrogen-bond acceptors (Lipinski definition) is 5. The van der Waals surface area contributed by atoms with Crippen LogP contribution in [0.25, 0.3) is 125 Å². The van der Waals surface area contributed by atoms with Crippen LogP contribution in [-0.4, -0.2) is 19.5 Å². The van der Waals surface area contributed by atoms with E-state index in [0.717, 1.165) is 60.7 Å². The molecule has 0 radical (unpaired) electrons. The second-order valence-corrected chi connectivity index (χ2v) is 16.3. The molecule has 9 aromatic carbocycles. The molecule has 13 rings (SSSR count). The van der Waals surface area contributed by atoms with Gasteiger partial charge in [-0.15, -0.1) is 11.3 Å². The third-order valence-electron chi connectivity index (χ3n) is 11.8. The molecule has 0 atom stereocenters. The fraction of sp³-hybridized carbons (Fsp3) is 0. The summed E-state index contributed by atoms with van der Waals surface area (Å²) < 4.78 is 11.7. The summed E-state index contributed by atoms with van der Waals surface area (Å²) in [7, 11) is 0. The molecular weight excluding hydrogens is 741 g/mol. The Morgan fingerprint density at radius 1 is 0.407 bits per heavy atom. The van der Waals surface area contributed by atoms with Crippen LogP contribution in [0.3, 0.4) is 0 Å². The fourth-order valence-corrected chi connectivity index (χ4v) is 10.2. The average molecular weight is 771 g/mol. The van der Waals surface area contributed by atoms with E-state index in [-0.39, 0.29) is 0 Å². The smallest absolute Gasteiger partial charge is 0.164 e. The quantitative estimate of drug-likeness (QED) is 0.179. The molecule has 274 valence electrons. The molecule has 13 aromatic rings. The lowest BCUT2D eigenvalue weighted by atomic mass is 10.0. The Kier molecular flexibility index (Phi) is 6.82. The molecule has 0 spiro atoms. The number of hydrogen-bond donors (Lipinski definition) is 0. The minimum Gasteiger partial charge on any atom is -0.454 e. The Morgan fingerprint density at radius 3 is 1.88 bits per heavy atom. The van der Waals surface area contributed by atoms with Crippen molar-refractivity contribution in [1.29, 1.82) is 0 Å². The SMILES string of the molecule is c1ccc2cc(-c3nc(-c4ccc5c(c4)sc4ccccc45)nc(-c4ccc(-n5c6ccccc6c6cc7ccccc7cc65)c5oc6ccccc6c45)n3)ccc2c1. The highest BCUT2D eigenvalue weighted by Gasteiger charge is 2.23. The van der Waals surface area contributed by atoms with E-state index >= 15 is 0 Å². The van der Waals surface area contributed by atoms with E-state index in [1.54, 1.807) is 11.3 Å². The van der Waals surface area contributed by atoms with Gasteiger partial charge < -0.3 is 8.98 Å². The Morgan fingerprint density at radius 2 is 1.03 bits per heavy atom. The van der Waals surface area contributed by atoms with Gasteiger partial charge in [0.05, 0.1) is 16.7 Å². The van der Waals surface area contributed by atoms with Crippen LogP contribution in [0, 0.1) is 0 Å². The van der Waals surface area contributed by atoms with Crippen molar-refractivity contribution in [3.8, 4) is 39.9 Å². The van der Waals surface area contributed by atoms with Crippen LogP contribution < -0.4 is 0 Å². The molecule has 0 N–H and O–H groups in total. The second-order valence-electron chi connectivity index (χ2n) is 15.2. The molecular formula is C53H30N4OS. The summed E-state index contributed by atoms with van der Waals surface area (Å²) in [5, 5.41) is 11.6. The van der Waals surface area contributed by atoms with Gasteiger partial charge in [0.15, 0.2) is 23.1 Å². The number of aromatic nitrogens is 4. The molecule has 4 aromatic heterocycles. The van der Waals surface area contributed by atoms with Crippen LogP contribution in [0.4, 0.5) is 0 Å². The third kappa shape index (κ3) is 4.94. The lowest BCUT2D eigenvalue weighted by Crippen LogP contribution is -2.01. The van der Waals surface area contributed by atoms with Crippen molar-refractivity contribution in [2.75, 3.05) is 0 Å². The molecule has 4 heterocycles. The Labute approximate surface area is 341 Å². The van der Waals surface area contributed by atoms with Crippen molar-refractivity contribution < 1.29 is 4.42 Å². The van der Waals surface area contributed by atoms with E-state index in [1.165, 1.54) is 47.1 Å². The van der Waals surface area contributed by atoms with Gasteiger partial charge in [-0.05, 0) is 76.1 Å². The number of para-hydroxylation sites is 2. The maximum atomic E-state index is 6.92. The molecule has 5 nitrogen and oxygen atoms in total. The zero-order valence-corrected chi connectivity index (χ0v) is 32.2. The standard InChI is InChI=1S/C53H30N4OS/c1-2-12-32-27-35(22-21-31(32)11-1)51-54-52(36-23-24-39-38-16-7-10-20-47(38)59-48(39)30-36)56-53(55-51)41-25-26-44(50-49(41)40-17-6-9-19-46(40)58-50)57-43-18-8-5-15-37(43)42-28-33-13-3-4-14-34(33)29-45(42)57/h1-30H. The van der Waals surface area contributed by atoms with E-state index in [9.17, 15) is 0 Å². The first kappa shape index (κ1) is 32.4. The highest BCUT2D eigenvalue weighted by molar-refractivity contribution is 7.25. The lowest BCUT2D eigenvalue weighted by Gasteiger charge is -2.13. The van der Waals surface area contributed by atoms with Gasteiger partial charge >= 0.3 is 0 Å². The number of nitrogens with zero attached hydrogens (tertiary/aromatic N) is 4. The molecule has 0 aliphatic carbocycles. The second kappa shape index (κ2) is 12.4. The van der Waals surface area contributed by atoms with Crippen molar-refractivity contribution >= 4 is 96.8 Å². The predicted octanol–water partition coefficient (Wildman–Crippen LogP) is 14.5. The fourth-order valence-electron chi connectivity index (χ4n) is 9.04. The summed E-state index contributed by atoms with van der Waals surface area (Å²) in [5.41, 5.74) is 7.54. The monoisotopic (exact) mass is 770 g/mol. The maximum Gasteiger partial charge on any atom is 0.164 e. The number of rotatable bonds is 4.